The van der Waals surface area contributed by atoms with E-state index in [1.807, 2.05) is 24.3 Å². The van der Waals surface area contributed by atoms with Crippen LogP contribution in [0.3, 0.4) is 0 Å². The molecule has 0 radical (unpaired) electrons. The molecule has 20 heavy (non-hydrogen) atoms. The highest BCUT2D eigenvalue weighted by atomic mass is 79.9. The lowest BCUT2D eigenvalue weighted by atomic mass is 10.2. The summed E-state index contributed by atoms with van der Waals surface area (Å²) in [5.41, 5.74) is 2.09. The lowest BCUT2D eigenvalue weighted by molar-refractivity contribution is 0.607. The van der Waals surface area contributed by atoms with Crippen LogP contribution in [0.5, 0.6) is 0 Å². The largest absolute Gasteiger partial charge is 0.378 e. The number of anilines is 2. The fourth-order valence-electron chi connectivity index (χ4n) is 1.62. The first kappa shape index (κ1) is 14.8. The number of sulfonamides is 1. The van der Waals surface area contributed by atoms with Crippen molar-refractivity contribution < 1.29 is 8.42 Å². The summed E-state index contributed by atoms with van der Waals surface area (Å²) in [6.45, 7) is 0.510. The Morgan fingerprint density at radius 2 is 1.85 bits per heavy atom. The van der Waals surface area contributed by atoms with Gasteiger partial charge in [0.1, 0.15) is 0 Å². The molecule has 0 aliphatic carbocycles. The van der Waals surface area contributed by atoms with E-state index in [2.05, 4.69) is 31.0 Å². The molecule has 5 nitrogen and oxygen atoms in total. The van der Waals surface area contributed by atoms with E-state index < -0.39 is 10.0 Å². The summed E-state index contributed by atoms with van der Waals surface area (Å²) in [4.78, 5) is 4.25. The molecule has 1 aromatic carbocycles. The molecule has 0 bridgehead atoms. The van der Waals surface area contributed by atoms with E-state index in [-0.39, 0.29) is 0 Å². The van der Waals surface area contributed by atoms with Crippen LogP contribution in [0.1, 0.15) is 5.69 Å². The Labute approximate surface area is 126 Å². The molecular formula is C13H14BrN3O2S. The molecule has 0 aliphatic heterocycles. The van der Waals surface area contributed by atoms with Crippen molar-refractivity contribution in [1.29, 1.82) is 0 Å². The van der Waals surface area contributed by atoms with Gasteiger partial charge in [0, 0.05) is 10.7 Å². The second-order valence-corrected chi connectivity index (χ2v) is 6.91. The molecule has 2 aromatic rings. The predicted octanol–water partition coefficient (Wildman–Crippen LogP) is 2.83. The summed E-state index contributed by atoms with van der Waals surface area (Å²) in [6.07, 6.45) is 2.84. The van der Waals surface area contributed by atoms with E-state index in [1.165, 1.54) is 0 Å². The van der Waals surface area contributed by atoms with Crippen molar-refractivity contribution in [1.82, 2.24) is 4.98 Å². The average molecular weight is 356 g/mol. The van der Waals surface area contributed by atoms with Crippen molar-refractivity contribution in [3.05, 3.63) is 52.8 Å². The van der Waals surface area contributed by atoms with Gasteiger partial charge in [-0.2, -0.15) is 0 Å². The molecule has 106 valence electrons. The number of pyridine rings is 1. The number of halogens is 1. The molecule has 7 heteroatoms. The number of rotatable bonds is 5. The molecule has 0 spiro atoms. The minimum atomic E-state index is -3.30. The predicted molar refractivity (Wildman–Crippen MR) is 84.2 cm³/mol. The average Bonchev–Trinajstić information content (AvgIpc) is 2.38. The quantitative estimate of drug-likeness (QED) is 0.864. The smallest absolute Gasteiger partial charge is 0.229 e. The zero-order valence-electron chi connectivity index (χ0n) is 10.8. The van der Waals surface area contributed by atoms with Gasteiger partial charge in [-0.05, 0) is 40.2 Å². The topological polar surface area (TPSA) is 71.1 Å². The zero-order valence-corrected chi connectivity index (χ0v) is 13.2. The highest BCUT2D eigenvalue weighted by molar-refractivity contribution is 9.10. The van der Waals surface area contributed by atoms with Crippen LogP contribution in [0, 0.1) is 0 Å². The summed E-state index contributed by atoms with van der Waals surface area (Å²) >= 11 is 3.33. The monoisotopic (exact) mass is 355 g/mol. The van der Waals surface area contributed by atoms with Crippen molar-refractivity contribution in [2.24, 2.45) is 0 Å². The van der Waals surface area contributed by atoms with Gasteiger partial charge in [-0.3, -0.25) is 9.71 Å². The maximum absolute atomic E-state index is 11.3. The number of nitrogens with zero attached hydrogens (tertiary/aromatic N) is 1. The molecule has 1 aromatic heterocycles. The van der Waals surface area contributed by atoms with E-state index in [0.717, 1.165) is 16.4 Å². The number of hydrogen-bond donors (Lipinski definition) is 2. The SMILES string of the molecule is CS(=O)(=O)Nc1ccccc1NCc1ccc(Br)cn1. The van der Waals surface area contributed by atoms with Gasteiger partial charge in [0.25, 0.3) is 0 Å². The van der Waals surface area contributed by atoms with Gasteiger partial charge in [0.05, 0.1) is 29.9 Å². The van der Waals surface area contributed by atoms with Crippen LogP contribution in [0.4, 0.5) is 11.4 Å². The third-order valence-corrected chi connectivity index (χ3v) is 3.53. The van der Waals surface area contributed by atoms with Gasteiger partial charge >= 0.3 is 0 Å². The van der Waals surface area contributed by atoms with Crippen LogP contribution in [0.25, 0.3) is 0 Å². The highest BCUT2D eigenvalue weighted by Gasteiger charge is 2.06. The molecule has 2 rings (SSSR count). The maximum atomic E-state index is 11.3. The van der Waals surface area contributed by atoms with Crippen LogP contribution < -0.4 is 10.0 Å². The van der Waals surface area contributed by atoms with Crippen LogP contribution in [0.15, 0.2) is 47.1 Å². The Bertz CT molecular complexity index is 687. The third-order valence-electron chi connectivity index (χ3n) is 2.47. The lowest BCUT2D eigenvalue weighted by Gasteiger charge is -2.12. The molecule has 0 fully saturated rings. The lowest BCUT2D eigenvalue weighted by Crippen LogP contribution is -2.12. The first-order chi connectivity index (χ1) is 9.44. The van der Waals surface area contributed by atoms with Crippen LogP contribution in [-0.4, -0.2) is 19.7 Å². The molecule has 0 atom stereocenters. The summed E-state index contributed by atoms with van der Waals surface area (Å²) in [5.74, 6) is 0. The van der Waals surface area contributed by atoms with Gasteiger partial charge in [-0.25, -0.2) is 8.42 Å². The van der Waals surface area contributed by atoms with E-state index in [4.69, 9.17) is 0 Å². The summed E-state index contributed by atoms with van der Waals surface area (Å²) in [5, 5.41) is 3.17. The Kier molecular flexibility index (Phi) is 4.61. The van der Waals surface area contributed by atoms with Crippen molar-refractivity contribution >= 4 is 37.3 Å². The minimum absolute atomic E-state index is 0.510. The number of para-hydroxylation sites is 2. The summed E-state index contributed by atoms with van der Waals surface area (Å²) < 4.78 is 26.0. The minimum Gasteiger partial charge on any atom is -0.378 e. The number of aromatic nitrogens is 1. The van der Waals surface area contributed by atoms with Crippen molar-refractivity contribution in [3.8, 4) is 0 Å². The van der Waals surface area contributed by atoms with Gasteiger partial charge in [0.2, 0.25) is 10.0 Å². The Balaban J connectivity index is 2.11. The van der Waals surface area contributed by atoms with Crippen LogP contribution in [-0.2, 0) is 16.6 Å². The Morgan fingerprint density at radius 3 is 2.45 bits per heavy atom. The molecule has 0 unspecified atom stereocenters. The van der Waals surface area contributed by atoms with E-state index >= 15 is 0 Å². The number of benzene rings is 1. The number of nitrogens with one attached hydrogen (secondary N) is 2. The van der Waals surface area contributed by atoms with Crippen molar-refractivity contribution in [2.45, 2.75) is 6.54 Å². The van der Waals surface area contributed by atoms with E-state index in [1.54, 1.807) is 18.3 Å². The summed E-state index contributed by atoms with van der Waals surface area (Å²) in [6, 6.07) is 10.9. The van der Waals surface area contributed by atoms with E-state index in [9.17, 15) is 8.42 Å². The standard InChI is InChI=1S/C13H14BrN3O2S/c1-20(18,19)17-13-5-3-2-4-12(13)16-9-11-7-6-10(14)8-15-11/h2-8,16-17H,9H2,1H3. The van der Waals surface area contributed by atoms with Gasteiger partial charge in [-0.1, -0.05) is 12.1 Å². The van der Waals surface area contributed by atoms with Crippen LogP contribution >= 0.6 is 15.9 Å². The first-order valence-corrected chi connectivity index (χ1v) is 8.53. The molecule has 2 N–H and O–H groups in total. The summed E-state index contributed by atoms with van der Waals surface area (Å²) in [7, 11) is -3.30. The van der Waals surface area contributed by atoms with Crippen LogP contribution in [0.2, 0.25) is 0 Å². The highest BCUT2D eigenvalue weighted by Crippen LogP contribution is 2.22. The third kappa shape index (κ3) is 4.50. The molecule has 0 saturated heterocycles. The van der Waals surface area contributed by atoms with Gasteiger partial charge in [0.15, 0.2) is 0 Å². The fourth-order valence-corrected chi connectivity index (χ4v) is 2.43. The molecule has 1 heterocycles. The second kappa shape index (κ2) is 6.23. The normalized spacial score (nSPS) is 11.1. The van der Waals surface area contributed by atoms with Crippen molar-refractivity contribution in [3.63, 3.8) is 0 Å². The molecule has 0 amide bonds. The first-order valence-electron chi connectivity index (χ1n) is 5.85. The van der Waals surface area contributed by atoms with E-state index in [0.29, 0.717) is 17.9 Å². The zero-order chi connectivity index (χ0) is 14.6. The van der Waals surface area contributed by atoms with Gasteiger partial charge < -0.3 is 5.32 Å². The van der Waals surface area contributed by atoms with Gasteiger partial charge in [-0.15, -0.1) is 0 Å². The molecule has 0 aliphatic rings. The Hall–Kier alpha value is -1.60. The second-order valence-electron chi connectivity index (χ2n) is 4.24. The van der Waals surface area contributed by atoms with Crippen molar-refractivity contribution in [2.75, 3.05) is 16.3 Å². The molecule has 0 saturated carbocycles. The fraction of sp³-hybridized carbons (Fsp3) is 0.154. The Morgan fingerprint density at radius 1 is 1.15 bits per heavy atom. The molecular weight excluding hydrogens is 342 g/mol. The maximum Gasteiger partial charge on any atom is 0.229 e. The number of hydrogen-bond acceptors (Lipinski definition) is 4.